The molecule has 9 aromatic rings. The Morgan fingerprint density at radius 1 is 0.370 bits per heavy atom. The van der Waals surface area contributed by atoms with Crippen molar-refractivity contribution < 1.29 is 0 Å². The highest BCUT2D eigenvalue weighted by Gasteiger charge is 2.19. The second-order valence-corrected chi connectivity index (χ2v) is 12.8. The molecule has 1 heterocycles. The van der Waals surface area contributed by atoms with Crippen molar-refractivity contribution in [2.24, 2.45) is 0 Å². The molecule has 9 rings (SSSR count). The van der Waals surface area contributed by atoms with Crippen LogP contribution in [0.1, 0.15) is 0 Å². The van der Waals surface area contributed by atoms with Gasteiger partial charge in [-0.05, 0) is 69.4 Å². The van der Waals surface area contributed by atoms with Gasteiger partial charge in [0, 0.05) is 42.3 Å². The van der Waals surface area contributed by atoms with E-state index in [-0.39, 0.29) is 0 Å². The Morgan fingerprint density at radius 2 is 0.978 bits per heavy atom. The summed E-state index contributed by atoms with van der Waals surface area (Å²) in [5.41, 5.74) is 8.31. The molecule has 0 aliphatic heterocycles. The molecule has 0 bridgehead atoms. The fraction of sp³-hybridized carbons (Fsp3) is 0. The minimum Gasteiger partial charge on any atom is -0.310 e. The minimum absolute atomic E-state index is 1.13. The summed E-state index contributed by atoms with van der Waals surface area (Å²) in [7, 11) is 0. The van der Waals surface area contributed by atoms with E-state index in [2.05, 4.69) is 181 Å². The number of nitrogens with zero attached hydrogens (tertiary/aromatic N) is 1. The van der Waals surface area contributed by atoms with E-state index < -0.39 is 0 Å². The third kappa shape index (κ3) is 4.46. The van der Waals surface area contributed by atoms with Crippen LogP contribution < -0.4 is 4.90 Å². The van der Waals surface area contributed by atoms with Gasteiger partial charge in [-0.15, -0.1) is 11.3 Å². The normalized spacial score (nSPS) is 11.5. The lowest BCUT2D eigenvalue weighted by molar-refractivity contribution is 1.30. The number of rotatable bonds is 5. The summed E-state index contributed by atoms with van der Waals surface area (Å²) in [6, 6.07) is 63.9. The first-order valence-electron chi connectivity index (χ1n) is 15.7. The summed E-state index contributed by atoms with van der Waals surface area (Å²) in [6.45, 7) is 0. The molecular weight excluding hydrogens is 575 g/mol. The lowest BCUT2D eigenvalue weighted by Crippen LogP contribution is -2.10. The second kappa shape index (κ2) is 11.0. The van der Waals surface area contributed by atoms with Gasteiger partial charge < -0.3 is 4.90 Å². The highest BCUT2D eigenvalue weighted by Crippen LogP contribution is 2.45. The lowest BCUT2D eigenvalue weighted by atomic mass is 9.96. The Morgan fingerprint density at radius 3 is 1.76 bits per heavy atom. The quantitative estimate of drug-likeness (QED) is 0.189. The van der Waals surface area contributed by atoms with Gasteiger partial charge in [-0.3, -0.25) is 0 Å². The summed E-state index contributed by atoms with van der Waals surface area (Å²) >= 11 is 1.89. The summed E-state index contributed by atoms with van der Waals surface area (Å²) in [5, 5.41) is 7.65. The van der Waals surface area contributed by atoms with Gasteiger partial charge in [0.25, 0.3) is 0 Å². The molecule has 2 heteroatoms. The number of fused-ring (bicyclic) bond motifs is 6. The van der Waals surface area contributed by atoms with Crippen LogP contribution in [-0.2, 0) is 0 Å². The second-order valence-electron chi connectivity index (χ2n) is 11.7. The molecule has 46 heavy (non-hydrogen) atoms. The molecule has 0 aliphatic rings. The van der Waals surface area contributed by atoms with E-state index in [4.69, 9.17) is 0 Å². The van der Waals surface area contributed by atoms with E-state index in [1.54, 1.807) is 0 Å². The zero-order valence-electron chi connectivity index (χ0n) is 25.1. The highest BCUT2D eigenvalue weighted by atomic mass is 32.1. The number of benzene rings is 8. The molecule has 216 valence electrons. The van der Waals surface area contributed by atoms with E-state index in [0.29, 0.717) is 0 Å². The van der Waals surface area contributed by atoms with Crippen LogP contribution in [0.4, 0.5) is 17.1 Å². The Balaban J connectivity index is 1.28. The number of anilines is 3. The first kappa shape index (κ1) is 26.7. The molecule has 0 saturated carbocycles. The van der Waals surface area contributed by atoms with Gasteiger partial charge >= 0.3 is 0 Å². The zero-order valence-corrected chi connectivity index (χ0v) is 25.9. The van der Waals surface area contributed by atoms with Crippen LogP contribution in [0.2, 0.25) is 0 Å². The van der Waals surface area contributed by atoms with Gasteiger partial charge in [0.2, 0.25) is 0 Å². The van der Waals surface area contributed by atoms with Gasteiger partial charge in [0.1, 0.15) is 0 Å². The molecule has 8 aromatic carbocycles. The number of hydrogen-bond acceptors (Lipinski definition) is 2. The van der Waals surface area contributed by atoms with Gasteiger partial charge in [0.05, 0.1) is 5.69 Å². The third-order valence-corrected chi connectivity index (χ3v) is 10.3. The van der Waals surface area contributed by atoms with Crippen molar-refractivity contribution in [3.63, 3.8) is 0 Å². The molecule has 1 nitrogen and oxygen atoms in total. The van der Waals surface area contributed by atoms with Gasteiger partial charge in [-0.1, -0.05) is 140 Å². The Hall–Kier alpha value is -5.70. The molecule has 0 unspecified atom stereocenters. The molecule has 1 aromatic heterocycles. The maximum atomic E-state index is 2.43. The van der Waals surface area contributed by atoms with Crippen LogP contribution in [-0.4, -0.2) is 0 Å². The van der Waals surface area contributed by atoms with E-state index in [9.17, 15) is 0 Å². The molecule has 0 fully saturated rings. The van der Waals surface area contributed by atoms with Crippen LogP contribution in [0.5, 0.6) is 0 Å². The molecule has 0 N–H and O–H groups in total. The van der Waals surface area contributed by atoms with Gasteiger partial charge in [-0.2, -0.15) is 0 Å². The van der Waals surface area contributed by atoms with Crippen molar-refractivity contribution in [2.75, 3.05) is 4.90 Å². The van der Waals surface area contributed by atoms with Crippen LogP contribution >= 0.6 is 11.3 Å². The molecule has 0 saturated heterocycles. The van der Waals surface area contributed by atoms with Crippen LogP contribution in [0.15, 0.2) is 176 Å². The topological polar surface area (TPSA) is 3.24 Å². The van der Waals surface area contributed by atoms with Crippen LogP contribution in [0.25, 0.3) is 64.0 Å². The SMILES string of the molecule is c1ccc(-c2ccc(N(c3ccc4ccc5c6ccccc6sc5c4c3)c3ccc(-c4ccccc4)c4ccccc34)cc2)cc1. The van der Waals surface area contributed by atoms with Crippen molar-refractivity contribution in [3.8, 4) is 22.3 Å². The maximum absolute atomic E-state index is 2.43. The third-order valence-electron chi connectivity index (χ3n) is 9.06. The van der Waals surface area contributed by atoms with Crippen LogP contribution in [0, 0.1) is 0 Å². The zero-order chi connectivity index (χ0) is 30.5. The van der Waals surface area contributed by atoms with Crippen molar-refractivity contribution in [3.05, 3.63) is 176 Å². The summed E-state index contributed by atoms with van der Waals surface area (Å²) in [4.78, 5) is 2.43. The van der Waals surface area contributed by atoms with E-state index in [1.165, 1.54) is 64.0 Å². The molecule has 0 atom stereocenters. The highest BCUT2D eigenvalue weighted by molar-refractivity contribution is 7.26. The molecule has 0 radical (unpaired) electrons. The van der Waals surface area contributed by atoms with Crippen molar-refractivity contribution in [2.45, 2.75) is 0 Å². The standard InChI is InChI=1S/C44H29NS/c1-3-11-30(12-4-1)31-19-23-34(24-20-31)45(42-28-27-36(32-13-5-2-6-14-32)37-15-7-8-16-38(37)42)35-25-21-33-22-26-40-39-17-9-10-18-43(39)46-44(40)41(33)29-35/h1-29H. The Bertz CT molecular complexity index is 2510. The summed E-state index contributed by atoms with van der Waals surface area (Å²) < 4.78 is 2.66. The molecular formula is C44H29NS. The van der Waals surface area contributed by atoms with Crippen molar-refractivity contribution >= 4 is 70.1 Å². The average molecular weight is 604 g/mol. The van der Waals surface area contributed by atoms with E-state index >= 15 is 0 Å². The maximum Gasteiger partial charge on any atom is 0.0540 e. The smallest absolute Gasteiger partial charge is 0.0540 e. The lowest BCUT2D eigenvalue weighted by Gasteiger charge is -2.28. The van der Waals surface area contributed by atoms with Gasteiger partial charge in [-0.25, -0.2) is 0 Å². The van der Waals surface area contributed by atoms with Crippen LogP contribution in [0.3, 0.4) is 0 Å². The first-order valence-corrected chi connectivity index (χ1v) is 16.5. The molecule has 0 spiro atoms. The minimum atomic E-state index is 1.13. The Labute approximate surface area is 272 Å². The Kier molecular flexibility index (Phi) is 6.40. The fourth-order valence-electron chi connectivity index (χ4n) is 6.84. The average Bonchev–Trinajstić information content (AvgIpc) is 3.52. The molecule has 0 amide bonds. The number of hydrogen-bond donors (Lipinski definition) is 0. The fourth-order valence-corrected chi connectivity index (χ4v) is 8.07. The number of thiophene rings is 1. The summed E-state index contributed by atoms with van der Waals surface area (Å²) in [5.74, 6) is 0. The van der Waals surface area contributed by atoms with Crippen molar-refractivity contribution in [1.29, 1.82) is 0 Å². The monoisotopic (exact) mass is 603 g/mol. The first-order chi connectivity index (χ1) is 22.8. The van der Waals surface area contributed by atoms with Gasteiger partial charge in [0.15, 0.2) is 0 Å². The predicted molar refractivity (Wildman–Crippen MR) is 200 cm³/mol. The largest absolute Gasteiger partial charge is 0.310 e. The van der Waals surface area contributed by atoms with Crippen molar-refractivity contribution in [1.82, 2.24) is 0 Å². The van der Waals surface area contributed by atoms with E-state index in [0.717, 1.165) is 17.1 Å². The molecule has 0 aliphatic carbocycles. The summed E-state index contributed by atoms with van der Waals surface area (Å²) in [6.07, 6.45) is 0. The van der Waals surface area contributed by atoms with E-state index in [1.807, 2.05) is 11.3 Å². The predicted octanol–water partition coefficient (Wildman–Crippen LogP) is 13.2.